The van der Waals surface area contributed by atoms with E-state index in [9.17, 15) is 10.2 Å². The number of hydrogen-bond donors (Lipinski definition) is 2. The number of aliphatic hydroxyl groups is 2. The average Bonchev–Trinajstić information content (AvgIpc) is 3.16. The molecule has 4 heteroatoms. The standard InChI is InChI=1S/C27H42N2O2/c1-6-29-17(3)22(16(2)28-29)13-18-14-24-21-8-7-19-15-20(30)9-11-26(19,4)23(21)10-12-27(24,5)25(18)31/h13,19-21,23-25,30-31H,6-12,14-15H2,1-5H3/b18-13-/t19-,20-,21+,23-,24-,25+,26-,27-/m0/s1. The van der Waals surface area contributed by atoms with E-state index in [4.69, 9.17) is 5.10 Å². The molecule has 0 aromatic carbocycles. The fourth-order valence-corrected chi connectivity index (χ4v) is 8.65. The van der Waals surface area contributed by atoms with E-state index in [0.717, 1.165) is 49.8 Å². The van der Waals surface area contributed by atoms with Gasteiger partial charge in [-0.05, 0) is 113 Å². The Balaban J connectivity index is 1.46. The van der Waals surface area contributed by atoms with E-state index in [1.165, 1.54) is 42.5 Å². The summed E-state index contributed by atoms with van der Waals surface area (Å²) in [6.07, 6.45) is 11.0. The molecule has 8 atom stereocenters. The van der Waals surface area contributed by atoms with Gasteiger partial charge in [-0.15, -0.1) is 0 Å². The summed E-state index contributed by atoms with van der Waals surface area (Å²) in [5.41, 5.74) is 5.13. The van der Waals surface area contributed by atoms with Gasteiger partial charge in [-0.3, -0.25) is 4.68 Å². The van der Waals surface area contributed by atoms with Gasteiger partial charge in [0.1, 0.15) is 0 Å². The summed E-state index contributed by atoms with van der Waals surface area (Å²) < 4.78 is 2.08. The Labute approximate surface area is 188 Å². The predicted octanol–water partition coefficient (Wildman–Crippen LogP) is 5.28. The van der Waals surface area contributed by atoms with Crippen LogP contribution in [0.3, 0.4) is 0 Å². The van der Waals surface area contributed by atoms with Crippen LogP contribution in [0.4, 0.5) is 0 Å². The summed E-state index contributed by atoms with van der Waals surface area (Å²) in [5.74, 6) is 2.75. The number of rotatable bonds is 2. The molecule has 4 nitrogen and oxygen atoms in total. The summed E-state index contributed by atoms with van der Waals surface area (Å²) in [6, 6.07) is 0. The van der Waals surface area contributed by atoms with Crippen molar-refractivity contribution >= 4 is 6.08 Å². The minimum Gasteiger partial charge on any atom is -0.393 e. The second-order valence-electron chi connectivity index (χ2n) is 11.9. The zero-order chi connectivity index (χ0) is 22.1. The smallest absolute Gasteiger partial charge is 0.0809 e. The lowest BCUT2D eigenvalue weighted by Crippen LogP contribution is -2.54. The summed E-state index contributed by atoms with van der Waals surface area (Å²) in [6.45, 7) is 12.2. The van der Waals surface area contributed by atoms with Crippen LogP contribution in [0.1, 0.15) is 89.1 Å². The van der Waals surface area contributed by atoms with Crippen molar-refractivity contribution in [3.05, 3.63) is 22.5 Å². The molecule has 31 heavy (non-hydrogen) atoms. The predicted molar refractivity (Wildman–Crippen MR) is 124 cm³/mol. The van der Waals surface area contributed by atoms with Gasteiger partial charge in [0, 0.05) is 23.2 Å². The molecule has 0 radical (unpaired) electrons. The largest absolute Gasteiger partial charge is 0.393 e. The molecule has 1 heterocycles. The molecule has 0 spiro atoms. The maximum Gasteiger partial charge on any atom is 0.0809 e. The van der Waals surface area contributed by atoms with Gasteiger partial charge in [-0.1, -0.05) is 13.8 Å². The van der Waals surface area contributed by atoms with Gasteiger partial charge in [0.15, 0.2) is 0 Å². The number of nitrogens with zero attached hydrogens (tertiary/aromatic N) is 2. The molecule has 2 N–H and O–H groups in total. The van der Waals surface area contributed by atoms with E-state index in [1.54, 1.807) is 0 Å². The summed E-state index contributed by atoms with van der Waals surface area (Å²) in [7, 11) is 0. The van der Waals surface area contributed by atoms with Crippen molar-refractivity contribution in [2.75, 3.05) is 0 Å². The lowest BCUT2D eigenvalue weighted by atomic mass is 9.45. The summed E-state index contributed by atoms with van der Waals surface area (Å²) in [5, 5.41) is 26.5. The van der Waals surface area contributed by atoms with Crippen molar-refractivity contribution in [1.82, 2.24) is 9.78 Å². The topological polar surface area (TPSA) is 58.3 Å². The van der Waals surface area contributed by atoms with E-state index < -0.39 is 0 Å². The summed E-state index contributed by atoms with van der Waals surface area (Å²) in [4.78, 5) is 0. The maximum absolute atomic E-state index is 11.5. The van der Waals surface area contributed by atoms with Crippen molar-refractivity contribution < 1.29 is 10.2 Å². The molecular formula is C27H42N2O2. The highest BCUT2D eigenvalue weighted by Gasteiger charge is 2.61. The Morgan fingerprint density at radius 1 is 1.03 bits per heavy atom. The minimum absolute atomic E-state index is 0.00688. The molecule has 0 amide bonds. The van der Waals surface area contributed by atoms with E-state index in [0.29, 0.717) is 17.3 Å². The van der Waals surface area contributed by atoms with E-state index in [1.807, 2.05) is 0 Å². The fraction of sp³-hybridized carbons (Fsp3) is 0.815. The highest BCUT2D eigenvalue weighted by molar-refractivity contribution is 5.59. The zero-order valence-corrected chi connectivity index (χ0v) is 20.2. The normalized spacial score (nSPS) is 46.0. The van der Waals surface area contributed by atoms with E-state index in [2.05, 4.69) is 45.4 Å². The second-order valence-corrected chi connectivity index (χ2v) is 11.9. The first-order chi connectivity index (χ1) is 14.7. The third-order valence-electron chi connectivity index (χ3n) is 10.6. The van der Waals surface area contributed by atoms with Gasteiger partial charge in [0.2, 0.25) is 0 Å². The van der Waals surface area contributed by atoms with Gasteiger partial charge in [0.05, 0.1) is 17.9 Å². The third-order valence-corrected chi connectivity index (χ3v) is 10.6. The molecule has 0 aliphatic heterocycles. The maximum atomic E-state index is 11.5. The van der Waals surface area contributed by atoms with Crippen LogP contribution in [-0.2, 0) is 6.54 Å². The molecule has 4 fully saturated rings. The first-order valence-electron chi connectivity index (χ1n) is 12.8. The van der Waals surface area contributed by atoms with E-state index in [-0.39, 0.29) is 17.6 Å². The molecule has 0 unspecified atom stereocenters. The molecule has 0 bridgehead atoms. The van der Waals surface area contributed by atoms with Crippen LogP contribution in [0.15, 0.2) is 5.57 Å². The number of aliphatic hydroxyl groups excluding tert-OH is 2. The second kappa shape index (κ2) is 7.45. The Bertz CT molecular complexity index is 888. The molecule has 4 aliphatic carbocycles. The first-order valence-corrected chi connectivity index (χ1v) is 12.8. The van der Waals surface area contributed by atoms with Crippen LogP contribution in [-0.4, -0.2) is 32.2 Å². The minimum atomic E-state index is -0.332. The lowest BCUT2D eigenvalue weighted by molar-refractivity contribution is -0.133. The Hall–Kier alpha value is -1.13. The number of aromatic nitrogens is 2. The number of fused-ring (bicyclic) bond motifs is 5. The molecule has 1 aromatic rings. The first kappa shape index (κ1) is 21.7. The Kier molecular flexibility index (Phi) is 5.21. The monoisotopic (exact) mass is 426 g/mol. The van der Waals surface area contributed by atoms with Crippen molar-refractivity contribution in [3.63, 3.8) is 0 Å². The van der Waals surface area contributed by atoms with Crippen molar-refractivity contribution in [3.8, 4) is 0 Å². The van der Waals surface area contributed by atoms with Gasteiger partial charge < -0.3 is 10.2 Å². The Morgan fingerprint density at radius 3 is 2.48 bits per heavy atom. The summed E-state index contributed by atoms with van der Waals surface area (Å²) >= 11 is 0. The molecule has 4 saturated carbocycles. The van der Waals surface area contributed by atoms with Crippen LogP contribution >= 0.6 is 0 Å². The van der Waals surface area contributed by atoms with E-state index >= 15 is 0 Å². The average molecular weight is 427 g/mol. The fourth-order valence-electron chi connectivity index (χ4n) is 8.65. The van der Waals surface area contributed by atoms with Crippen LogP contribution in [0.25, 0.3) is 6.08 Å². The molecule has 172 valence electrons. The molecule has 4 aliphatic rings. The van der Waals surface area contributed by atoms with Gasteiger partial charge in [-0.2, -0.15) is 5.10 Å². The van der Waals surface area contributed by atoms with Crippen LogP contribution in [0, 0.1) is 48.3 Å². The highest BCUT2D eigenvalue weighted by atomic mass is 16.3. The number of aryl methyl sites for hydroxylation is 2. The molecular weight excluding hydrogens is 384 g/mol. The van der Waals surface area contributed by atoms with Gasteiger partial charge in [-0.25, -0.2) is 0 Å². The lowest BCUT2D eigenvalue weighted by Gasteiger charge is -2.60. The van der Waals surface area contributed by atoms with Crippen LogP contribution < -0.4 is 0 Å². The van der Waals surface area contributed by atoms with Crippen molar-refractivity contribution in [1.29, 1.82) is 0 Å². The highest BCUT2D eigenvalue weighted by Crippen LogP contribution is 2.67. The molecule has 1 aromatic heterocycles. The van der Waals surface area contributed by atoms with Crippen LogP contribution in [0.5, 0.6) is 0 Å². The van der Waals surface area contributed by atoms with Crippen molar-refractivity contribution in [2.45, 2.75) is 105 Å². The number of hydrogen-bond acceptors (Lipinski definition) is 3. The zero-order valence-electron chi connectivity index (χ0n) is 20.2. The van der Waals surface area contributed by atoms with Gasteiger partial charge in [0.25, 0.3) is 0 Å². The third kappa shape index (κ3) is 3.11. The van der Waals surface area contributed by atoms with Gasteiger partial charge >= 0.3 is 0 Å². The molecule has 0 saturated heterocycles. The van der Waals surface area contributed by atoms with Crippen molar-refractivity contribution in [2.24, 2.45) is 34.5 Å². The van der Waals surface area contributed by atoms with Crippen LogP contribution in [0.2, 0.25) is 0 Å². The molecule has 5 rings (SSSR count). The quantitative estimate of drug-likeness (QED) is 0.677. The SMILES string of the molecule is CCn1nc(C)c(/C=C2/C[C@H]3[C@@H]4CC[C@H]5C[C@@H](O)CC[C@]5(C)[C@H]4CC[C@]3(C)[C@@H]2O)c1C. The Morgan fingerprint density at radius 2 is 1.77 bits per heavy atom.